The maximum Gasteiger partial charge on any atom is 0.239 e. The molecule has 1 rings (SSSR count). The zero-order valence-electron chi connectivity index (χ0n) is 11.9. The molecule has 0 spiro atoms. The van der Waals surface area contributed by atoms with E-state index in [0.29, 0.717) is 38.3 Å². The van der Waals surface area contributed by atoms with E-state index in [4.69, 9.17) is 5.73 Å². The summed E-state index contributed by atoms with van der Waals surface area (Å²) in [6.07, 6.45) is 3.13. The summed E-state index contributed by atoms with van der Waals surface area (Å²) in [4.78, 5) is 13.8. The fourth-order valence-electron chi connectivity index (χ4n) is 2.36. The molecular weight excluding hydrogens is 266 g/mol. The van der Waals surface area contributed by atoms with Crippen molar-refractivity contribution in [3.05, 3.63) is 0 Å². The largest absolute Gasteiger partial charge is 0.341 e. The topological polar surface area (TPSA) is 92.5 Å². The number of sulfonamides is 1. The molecule has 6 nitrogen and oxygen atoms in total. The zero-order chi connectivity index (χ0) is 14.6. The Morgan fingerprint density at radius 2 is 1.89 bits per heavy atom. The van der Waals surface area contributed by atoms with Crippen molar-refractivity contribution in [2.75, 3.05) is 19.3 Å². The summed E-state index contributed by atoms with van der Waals surface area (Å²) in [6, 6.07) is -0.514. The smallest absolute Gasteiger partial charge is 0.239 e. The van der Waals surface area contributed by atoms with Crippen molar-refractivity contribution in [3.8, 4) is 0 Å². The molecule has 1 unspecified atom stereocenters. The lowest BCUT2D eigenvalue weighted by Crippen LogP contribution is -2.51. The molecule has 0 saturated carbocycles. The van der Waals surface area contributed by atoms with E-state index in [0.717, 1.165) is 6.26 Å². The molecular formula is C12H25N3O3S. The number of likely N-dealkylation sites (tertiary alicyclic amines) is 1. The van der Waals surface area contributed by atoms with Crippen LogP contribution in [0.1, 0.15) is 33.1 Å². The van der Waals surface area contributed by atoms with Crippen LogP contribution in [0.2, 0.25) is 0 Å². The highest BCUT2D eigenvalue weighted by Crippen LogP contribution is 2.14. The van der Waals surface area contributed by atoms with Crippen molar-refractivity contribution < 1.29 is 13.2 Å². The highest BCUT2D eigenvalue weighted by molar-refractivity contribution is 7.88. The molecule has 1 amide bonds. The molecule has 0 bridgehead atoms. The Hall–Kier alpha value is -0.660. The van der Waals surface area contributed by atoms with E-state index in [-0.39, 0.29) is 11.9 Å². The highest BCUT2D eigenvalue weighted by atomic mass is 32.2. The summed E-state index contributed by atoms with van der Waals surface area (Å²) in [6.45, 7) is 5.21. The van der Waals surface area contributed by atoms with E-state index in [1.165, 1.54) is 0 Å². The van der Waals surface area contributed by atoms with Gasteiger partial charge in [0.25, 0.3) is 0 Å². The summed E-state index contributed by atoms with van der Waals surface area (Å²) in [5.74, 6) is 0.370. The number of hydrogen-bond acceptors (Lipinski definition) is 4. The normalized spacial score (nSPS) is 19.7. The first kappa shape index (κ1) is 16.4. The molecule has 1 heterocycles. The molecule has 1 fully saturated rings. The van der Waals surface area contributed by atoms with Crippen LogP contribution in [0.4, 0.5) is 0 Å². The van der Waals surface area contributed by atoms with Gasteiger partial charge >= 0.3 is 0 Å². The predicted octanol–water partition coefficient (Wildman–Crippen LogP) is -0.1000. The maximum absolute atomic E-state index is 12.1. The number of hydrogen-bond donors (Lipinski definition) is 2. The first-order valence-electron chi connectivity index (χ1n) is 6.70. The first-order valence-corrected chi connectivity index (χ1v) is 8.60. The predicted molar refractivity (Wildman–Crippen MR) is 75.0 cm³/mol. The number of piperidine rings is 1. The van der Waals surface area contributed by atoms with Gasteiger partial charge < -0.3 is 10.6 Å². The Morgan fingerprint density at radius 1 is 1.37 bits per heavy atom. The third-order valence-electron chi connectivity index (χ3n) is 3.23. The average molecular weight is 291 g/mol. The van der Waals surface area contributed by atoms with Gasteiger partial charge in [-0.15, -0.1) is 0 Å². The quantitative estimate of drug-likeness (QED) is 0.740. The van der Waals surface area contributed by atoms with Gasteiger partial charge in [0.15, 0.2) is 0 Å². The van der Waals surface area contributed by atoms with Crippen molar-refractivity contribution in [3.63, 3.8) is 0 Å². The number of nitrogens with zero attached hydrogens (tertiary/aromatic N) is 1. The highest BCUT2D eigenvalue weighted by Gasteiger charge is 2.27. The van der Waals surface area contributed by atoms with Crippen LogP contribution in [0.5, 0.6) is 0 Å². The fraction of sp³-hybridized carbons (Fsp3) is 0.917. The van der Waals surface area contributed by atoms with Crippen LogP contribution in [0.3, 0.4) is 0 Å². The Bertz CT molecular complexity index is 400. The third-order valence-corrected chi connectivity index (χ3v) is 3.99. The molecule has 0 aromatic carbocycles. The average Bonchev–Trinajstić information content (AvgIpc) is 2.26. The van der Waals surface area contributed by atoms with Gasteiger partial charge in [-0.3, -0.25) is 4.79 Å². The van der Waals surface area contributed by atoms with E-state index in [1.54, 1.807) is 4.90 Å². The van der Waals surface area contributed by atoms with Crippen molar-refractivity contribution in [1.29, 1.82) is 0 Å². The lowest BCUT2D eigenvalue weighted by molar-refractivity contribution is -0.134. The summed E-state index contributed by atoms with van der Waals surface area (Å²) in [7, 11) is -3.17. The van der Waals surface area contributed by atoms with Crippen molar-refractivity contribution in [2.45, 2.75) is 45.2 Å². The second-order valence-electron chi connectivity index (χ2n) is 5.73. The van der Waals surface area contributed by atoms with E-state index < -0.39 is 16.1 Å². The van der Waals surface area contributed by atoms with Crippen LogP contribution in [0.15, 0.2) is 0 Å². The second kappa shape index (κ2) is 6.67. The third kappa shape index (κ3) is 5.88. The van der Waals surface area contributed by atoms with Crippen molar-refractivity contribution >= 4 is 15.9 Å². The Labute approximate surface area is 115 Å². The van der Waals surface area contributed by atoms with Crippen LogP contribution in [-0.4, -0.2) is 50.7 Å². The van der Waals surface area contributed by atoms with Crippen LogP contribution >= 0.6 is 0 Å². The number of rotatable bonds is 5. The van der Waals surface area contributed by atoms with Crippen molar-refractivity contribution in [2.24, 2.45) is 11.7 Å². The molecule has 19 heavy (non-hydrogen) atoms. The lowest BCUT2D eigenvalue weighted by Gasteiger charge is -2.33. The summed E-state index contributed by atoms with van der Waals surface area (Å²) in [5, 5.41) is 0. The number of nitrogens with two attached hydrogens (primary N) is 1. The molecule has 1 atom stereocenters. The summed E-state index contributed by atoms with van der Waals surface area (Å²) >= 11 is 0. The standard InChI is InChI=1S/C12H25N3O3S/c1-9(2)8-11(13)12(16)15-6-4-10(5-7-15)14-19(3,17)18/h9-11,14H,4-8,13H2,1-3H3. The number of amides is 1. The minimum Gasteiger partial charge on any atom is -0.341 e. The monoisotopic (exact) mass is 291 g/mol. The summed E-state index contributed by atoms with van der Waals surface area (Å²) < 4.78 is 24.8. The van der Waals surface area contributed by atoms with Gasteiger partial charge in [-0.2, -0.15) is 0 Å². The van der Waals surface area contributed by atoms with E-state index in [1.807, 2.05) is 13.8 Å². The van der Waals surface area contributed by atoms with Gasteiger partial charge in [-0.25, -0.2) is 13.1 Å². The van der Waals surface area contributed by atoms with Gasteiger partial charge in [0.05, 0.1) is 12.3 Å². The summed E-state index contributed by atoms with van der Waals surface area (Å²) in [5.41, 5.74) is 5.88. The molecule has 0 aromatic heterocycles. The van der Waals surface area contributed by atoms with Crippen LogP contribution < -0.4 is 10.5 Å². The number of nitrogens with one attached hydrogen (secondary N) is 1. The minimum absolute atomic E-state index is 0.0218. The van der Waals surface area contributed by atoms with Gasteiger partial charge in [-0.05, 0) is 25.2 Å². The van der Waals surface area contributed by atoms with Gasteiger partial charge in [-0.1, -0.05) is 13.8 Å². The van der Waals surface area contributed by atoms with Gasteiger partial charge in [0, 0.05) is 19.1 Å². The molecule has 0 radical (unpaired) electrons. The van der Waals surface area contributed by atoms with Gasteiger partial charge in [0.2, 0.25) is 15.9 Å². The van der Waals surface area contributed by atoms with Crippen molar-refractivity contribution in [1.82, 2.24) is 9.62 Å². The van der Waals surface area contributed by atoms with E-state index >= 15 is 0 Å². The first-order chi connectivity index (χ1) is 8.69. The van der Waals surface area contributed by atoms with Crippen LogP contribution in [0, 0.1) is 5.92 Å². The molecule has 112 valence electrons. The SMILES string of the molecule is CC(C)CC(N)C(=O)N1CCC(NS(C)(=O)=O)CC1. The number of carbonyl (C=O) groups is 1. The zero-order valence-corrected chi connectivity index (χ0v) is 12.7. The van der Waals surface area contributed by atoms with Gasteiger partial charge in [0.1, 0.15) is 0 Å². The van der Waals surface area contributed by atoms with E-state index in [9.17, 15) is 13.2 Å². The van der Waals surface area contributed by atoms with Crippen LogP contribution in [-0.2, 0) is 14.8 Å². The Morgan fingerprint density at radius 3 is 2.32 bits per heavy atom. The Kier molecular flexibility index (Phi) is 5.76. The maximum atomic E-state index is 12.1. The van der Waals surface area contributed by atoms with Crippen LogP contribution in [0.25, 0.3) is 0 Å². The molecule has 7 heteroatoms. The fourth-order valence-corrected chi connectivity index (χ4v) is 3.20. The molecule has 0 aromatic rings. The molecule has 1 aliphatic heterocycles. The van der Waals surface area contributed by atoms with E-state index in [2.05, 4.69) is 4.72 Å². The molecule has 0 aliphatic carbocycles. The minimum atomic E-state index is -3.17. The lowest BCUT2D eigenvalue weighted by atomic mass is 10.0. The molecule has 1 aliphatic rings. The number of carbonyl (C=O) groups excluding carboxylic acids is 1. The molecule has 1 saturated heterocycles. The Balaban J connectivity index is 2.43. The second-order valence-corrected chi connectivity index (χ2v) is 7.51. The molecule has 3 N–H and O–H groups in total.